The molecule has 0 saturated heterocycles. The first-order valence-electron chi connectivity index (χ1n) is 12.1. The van der Waals surface area contributed by atoms with Crippen LogP contribution in [0.2, 0.25) is 0 Å². The third-order valence-corrected chi connectivity index (χ3v) is 6.79. The highest BCUT2D eigenvalue weighted by molar-refractivity contribution is 6.01. The number of hydrogen-bond acceptors (Lipinski definition) is 5. The van der Waals surface area contributed by atoms with Crippen LogP contribution in [0.5, 0.6) is 0 Å². The van der Waals surface area contributed by atoms with Gasteiger partial charge >= 0.3 is 0 Å². The summed E-state index contributed by atoms with van der Waals surface area (Å²) in [7, 11) is 2.13. The van der Waals surface area contributed by atoms with E-state index in [2.05, 4.69) is 77.7 Å². The zero-order valence-electron chi connectivity index (χ0n) is 20.2. The molecule has 6 nitrogen and oxygen atoms in total. The van der Waals surface area contributed by atoms with E-state index < -0.39 is 6.04 Å². The lowest BCUT2D eigenvalue weighted by atomic mass is 9.93. The molecule has 0 fully saturated rings. The third kappa shape index (κ3) is 4.56. The van der Waals surface area contributed by atoms with E-state index in [0.717, 1.165) is 41.2 Å². The minimum Gasteiger partial charge on any atom is -0.326 e. The van der Waals surface area contributed by atoms with Gasteiger partial charge in [0.05, 0.1) is 11.7 Å². The van der Waals surface area contributed by atoms with E-state index in [4.69, 9.17) is 5.73 Å². The summed E-state index contributed by atoms with van der Waals surface area (Å²) in [5.74, 6) is 0.0274. The molecule has 3 N–H and O–H groups in total. The van der Waals surface area contributed by atoms with Gasteiger partial charge in [-0.25, -0.2) is 4.98 Å². The van der Waals surface area contributed by atoms with Crippen molar-refractivity contribution in [2.75, 3.05) is 13.6 Å². The first-order chi connectivity index (χ1) is 17.1. The van der Waals surface area contributed by atoms with E-state index in [-0.39, 0.29) is 5.78 Å². The van der Waals surface area contributed by atoms with E-state index >= 15 is 0 Å². The maximum atomic E-state index is 13.6. The number of Topliss-reactive ketones (excluding diaryl/α,β-unsaturated/α-hetero) is 1. The molecule has 35 heavy (non-hydrogen) atoms. The number of ketones is 1. The number of hydrogen-bond donors (Lipinski definition) is 2. The van der Waals surface area contributed by atoms with Crippen LogP contribution in [0.1, 0.15) is 45.8 Å². The second-order valence-electron chi connectivity index (χ2n) is 9.07. The average molecular weight is 466 g/mol. The van der Waals surface area contributed by atoms with Crippen LogP contribution in [-0.4, -0.2) is 33.8 Å². The Kier molecular flexibility index (Phi) is 6.59. The second-order valence-corrected chi connectivity index (χ2v) is 9.07. The standard InChI is InChI=1S/C29H31N5O/c1-3-33(2)18-23-8-4-5-10-25(23)21-11-13-22(14-12-21)27-29(35)28-26(17-31-27)32-19-34(28)24-9-6-7-20(15-24)16-30/h4-15,19,27,31H,3,16-18,30H2,1-2H3. The fourth-order valence-corrected chi connectivity index (χ4v) is 4.70. The van der Waals surface area contributed by atoms with Crippen molar-refractivity contribution in [1.29, 1.82) is 0 Å². The maximum absolute atomic E-state index is 13.6. The van der Waals surface area contributed by atoms with Crippen molar-refractivity contribution in [3.05, 3.63) is 107 Å². The van der Waals surface area contributed by atoms with Crippen molar-refractivity contribution in [3.63, 3.8) is 0 Å². The van der Waals surface area contributed by atoms with Crippen LogP contribution in [-0.2, 0) is 19.6 Å². The van der Waals surface area contributed by atoms with Crippen LogP contribution < -0.4 is 11.1 Å². The highest BCUT2D eigenvalue weighted by Crippen LogP contribution is 2.30. The Bertz CT molecular complexity index is 1340. The van der Waals surface area contributed by atoms with Crippen molar-refractivity contribution < 1.29 is 4.79 Å². The number of carbonyl (C=O) groups is 1. The Morgan fingerprint density at radius 2 is 1.89 bits per heavy atom. The Morgan fingerprint density at radius 3 is 2.66 bits per heavy atom. The van der Waals surface area contributed by atoms with Crippen LogP contribution in [0.25, 0.3) is 16.8 Å². The number of carbonyl (C=O) groups excluding carboxylic acids is 1. The Balaban J connectivity index is 1.43. The van der Waals surface area contributed by atoms with Crippen LogP contribution in [0, 0.1) is 0 Å². The van der Waals surface area contributed by atoms with Gasteiger partial charge in [0.2, 0.25) is 5.78 Å². The van der Waals surface area contributed by atoms with Gasteiger partial charge in [0, 0.05) is 25.3 Å². The molecule has 2 heterocycles. The molecule has 6 heteroatoms. The molecule has 178 valence electrons. The van der Waals surface area contributed by atoms with Gasteiger partial charge in [-0.2, -0.15) is 0 Å². The van der Waals surface area contributed by atoms with Gasteiger partial charge in [0.15, 0.2) is 0 Å². The van der Waals surface area contributed by atoms with Crippen molar-refractivity contribution in [2.24, 2.45) is 5.73 Å². The molecule has 1 unspecified atom stereocenters. The molecule has 0 bridgehead atoms. The fourth-order valence-electron chi connectivity index (χ4n) is 4.70. The molecule has 3 aromatic carbocycles. The topological polar surface area (TPSA) is 76.2 Å². The maximum Gasteiger partial charge on any atom is 0.202 e. The van der Waals surface area contributed by atoms with Crippen LogP contribution in [0.4, 0.5) is 0 Å². The number of imidazole rings is 1. The van der Waals surface area contributed by atoms with E-state index in [1.807, 2.05) is 28.8 Å². The van der Waals surface area contributed by atoms with E-state index in [0.29, 0.717) is 18.8 Å². The highest BCUT2D eigenvalue weighted by atomic mass is 16.1. The predicted molar refractivity (Wildman–Crippen MR) is 139 cm³/mol. The molecule has 1 aromatic heterocycles. The Hall–Kier alpha value is -3.58. The van der Waals surface area contributed by atoms with Gasteiger partial charge in [-0.15, -0.1) is 0 Å². The molecule has 0 saturated carbocycles. The van der Waals surface area contributed by atoms with Crippen molar-refractivity contribution in [1.82, 2.24) is 19.8 Å². The number of nitrogens with one attached hydrogen (secondary N) is 1. The average Bonchev–Trinajstić information content (AvgIpc) is 3.34. The minimum atomic E-state index is -0.411. The first-order valence-corrected chi connectivity index (χ1v) is 12.1. The minimum absolute atomic E-state index is 0.0274. The molecule has 1 aliphatic rings. The second kappa shape index (κ2) is 9.96. The largest absolute Gasteiger partial charge is 0.326 e. The van der Waals surface area contributed by atoms with Gasteiger partial charge < -0.3 is 10.6 Å². The lowest BCUT2D eigenvalue weighted by Crippen LogP contribution is -2.35. The van der Waals surface area contributed by atoms with E-state index in [1.54, 1.807) is 6.33 Å². The smallest absolute Gasteiger partial charge is 0.202 e. The summed E-state index contributed by atoms with van der Waals surface area (Å²) in [6.45, 7) is 5.06. The molecule has 0 spiro atoms. The number of nitrogens with two attached hydrogens (primary N) is 1. The molecule has 0 amide bonds. The predicted octanol–water partition coefficient (Wildman–Crippen LogP) is 4.48. The van der Waals surface area contributed by atoms with Gasteiger partial charge in [-0.3, -0.25) is 14.7 Å². The number of nitrogens with zero attached hydrogens (tertiary/aromatic N) is 3. The number of aromatic nitrogens is 2. The summed E-state index contributed by atoms with van der Waals surface area (Å²) in [5.41, 5.74) is 13.8. The van der Waals surface area contributed by atoms with Crippen LogP contribution in [0.15, 0.2) is 79.1 Å². The van der Waals surface area contributed by atoms with Gasteiger partial charge in [0.25, 0.3) is 0 Å². The highest BCUT2D eigenvalue weighted by Gasteiger charge is 2.32. The van der Waals surface area contributed by atoms with Gasteiger partial charge in [0.1, 0.15) is 12.0 Å². The number of fused-ring (bicyclic) bond motifs is 1. The van der Waals surface area contributed by atoms with Crippen molar-refractivity contribution in [2.45, 2.75) is 32.6 Å². The number of benzene rings is 3. The zero-order valence-corrected chi connectivity index (χ0v) is 20.2. The summed E-state index contributed by atoms with van der Waals surface area (Å²) in [6, 6.07) is 24.4. The van der Waals surface area contributed by atoms with Gasteiger partial charge in [-0.05, 0) is 53.5 Å². The molecule has 5 rings (SSSR count). The SMILES string of the molecule is CCN(C)Cc1ccccc1-c1ccc(C2NCc3ncn(-c4cccc(CN)c4)c3C2=O)cc1. The lowest BCUT2D eigenvalue weighted by Gasteiger charge is -2.24. The molecule has 1 atom stereocenters. The third-order valence-electron chi connectivity index (χ3n) is 6.79. The number of rotatable bonds is 7. The molecule has 4 aromatic rings. The van der Waals surface area contributed by atoms with Crippen LogP contribution in [0.3, 0.4) is 0 Å². The summed E-state index contributed by atoms with van der Waals surface area (Å²) < 4.78 is 1.89. The monoisotopic (exact) mass is 465 g/mol. The Morgan fingerprint density at radius 1 is 1.09 bits per heavy atom. The molecule has 0 radical (unpaired) electrons. The Labute approximate surface area is 206 Å². The van der Waals surface area contributed by atoms with E-state index in [1.165, 1.54) is 11.1 Å². The van der Waals surface area contributed by atoms with Gasteiger partial charge in [-0.1, -0.05) is 67.6 Å². The lowest BCUT2D eigenvalue weighted by molar-refractivity contribution is 0.0922. The summed E-state index contributed by atoms with van der Waals surface area (Å²) in [6.07, 6.45) is 1.73. The summed E-state index contributed by atoms with van der Waals surface area (Å²) >= 11 is 0. The quantitative estimate of drug-likeness (QED) is 0.421. The van der Waals surface area contributed by atoms with Crippen molar-refractivity contribution >= 4 is 5.78 Å². The fraction of sp³-hybridized carbons (Fsp3) is 0.241. The summed E-state index contributed by atoms with van der Waals surface area (Å²) in [5, 5.41) is 3.38. The van der Waals surface area contributed by atoms with E-state index in [9.17, 15) is 4.79 Å². The molecule has 0 aliphatic carbocycles. The van der Waals surface area contributed by atoms with Crippen LogP contribution >= 0.6 is 0 Å². The first kappa shape index (κ1) is 23.2. The molecular weight excluding hydrogens is 434 g/mol. The van der Waals surface area contributed by atoms with Crippen molar-refractivity contribution in [3.8, 4) is 16.8 Å². The molecule has 1 aliphatic heterocycles. The normalized spacial score (nSPS) is 15.4. The molecular formula is C29H31N5O. The zero-order chi connectivity index (χ0) is 24.4. The summed E-state index contributed by atoms with van der Waals surface area (Å²) in [4.78, 5) is 20.4.